The molecule has 2 saturated carbocycles. The van der Waals surface area contributed by atoms with Crippen molar-refractivity contribution in [2.24, 2.45) is 23.7 Å². The lowest BCUT2D eigenvalue weighted by Gasteiger charge is -2.36. The zero-order valence-electron chi connectivity index (χ0n) is 14.2. The van der Waals surface area contributed by atoms with E-state index in [-0.39, 0.29) is 0 Å². The van der Waals surface area contributed by atoms with Gasteiger partial charge in [-0.25, -0.2) is 0 Å². The molecule has 2 rings (SSSR count). The van der Waals surface area contributed by atoms with E-state index >= 15 is 0 Å². The van der Waals surface area contributed by atoms with Gasteiger partial charge in [-0.05, 0) is 56.3 Å². The molecule has 0 bridgehead atoms. The molecule has 0 heterocycles. The largest absolute Gasteiger partial charge is 0.198 e. The van der Waals surface area contributed by atoms with Gasteiger partial charge in [0.1, 0.15) is 0 Å². The van der Waals surface area contributed by atoms with Gasteiger partial charge >= 0.3 is 0 Å². The molecule has 2 fully saturated rings. The van der Waals surface area contributed by atoms with Crippen LogP contribution in [0.1, 0.15) is 96.8 Å². The van der Waals surface area contributed by atoms with E-state index in [0.29, 0.717) is 5.92 Å². The molecule has 0 unspecified atom stereocenters. The Hall–Kier alpha value is -0.510. The molecule has 1 heteroatoms. The topological polar surface area (TPSA) is 23.8 Å². The van der Waals surface area contributed by atoms with Crippen LogP contribution in [0.5, 0.6) is 0 Å². The van der Waals surface area contributed by atoms with Gasteiger partial charge in [0.25, 0.3) is 0 Å². The molecule has 2 aliphatic carbocycles. The van der Waals surface area contributed by atoms with Crippen molar-refractivity contribution in [3.8, 4) is 6.07 Å². The predicted octanol–water partition coefficient (Wildman–Crippen LogP) is 6.48. The first-order valence-corrected chi connectivity index (χ1v) is 9.73. The third-order valence-corrected chi connectivity index (χ3v) is 6.23. The molecule has 2 aliphatic rings. The lowest BCUT2D eigenvalue weighted by molar-refractivity contribution is 0.152. The first-order valence-electron chi connectivity index (χ1n) is 9.73. The maximum Gasteiger partial charge on any atom is 0.0655 e. The van der Waals surface area contributed by atoms with Crippen LogP contribution in [0.4, 0.5) is 0 Å². The first kappa shape index (κ1) is 16.9. The number of nitriles is 1. The number of nitrogens with zero attached hydrogens (tertiary/aromatic N) is 1. The molecule has 0 N–H and O–H groups in total. The fourth-order valence-corrected chi connectivity index (χ4v) is 4.70. The van der Waals surface area contributed by atoms with Crippen LogP contribution in [0, 0.1) is 35.0 Å². The van der Waals surface area contributed by atoms with Crippen LogP contribution in [-0.4, -0.2) is 0 Å². The van der Waals surface area contributed by atoms with Crippen molar-refractivity contribution in [2.75, 3.05) is 0 Å². The van der Waals surface area contributed by atoms with Crippen LogP contribution in [-0.2, 0) is 0 Å². The van der Waals surface area contributed by atoms with Gasteiger partial charge in [-0.2, -0.15) is 5.26 Å². The van der Waals surface area contributed by atoms with Gasteiger partial charge in [0.05, 0.1) is 6.07 Å². The summed E-state index contributed by atoms with van der Waals surface area (Å²) in [5.74, 6) is 3.38. The number of unbranched alkanes of at least 4 members (excludes halogenated alkanes) is 4. The summed E-state index contributed by atoms with van der Waals surface area (Å²) in [6.45, 7) is 2.30. The normalized spacial score (nSPS) is 33.5. The molecular weight excluding hydrogens is 254 g/mol. The van der Waals surface area contributed by atoms with E-state index in [4.69, 9.17) is 5.26 Å². The SMILES string of the molecule is CCCCCCC[C@H]1CC[C@H]([C@H]2CC[C@H](C#N)CC2)CC1. The quantitative estimate of drug-likeness (QED) is 0.492. The fourth-order valence-electron chi connectivity index (χ4n) is 4.70. The van der Waals surface area contributed by atoms with Gasteiger partial charge in [0.15, 0.2) is 0 Å². The molecule has 1 nitrogen and oxygen atoms in total. The van der Waals surface area contributed by atoms with Crippen LogP contribution >= 0.6 is 0 Å². The van der Waals surface area contributed by atoms with Gasteiger partial charge in [-0.1, -0.05) is 58.3 Å². The molecule has 0 aliphatic heterocycles. The highest BCUT2D eigenvalue weighted by Crippen LogP contribution is 2.42. The van der Waals surface area contributed by atoms with Crippen molar-refractivity contribution in [3.63, 3.8) is 0 Å². The Morgan fingerprint density at radius 3 is 1.90 bits per heavy atom. The standard InChI is InChI=1S/C20H35N/c1-2-3-4-5-6-7-17-8-12-19(13-9-17)20-14-10-18(16-21)11-15-20/h17-20H,2-15H2,1H3/t17-,18-,19-,20-. The third-order valence-electron chi connectivity index (χ3n) is 6.23. The van der Waals surface area contributed by atoms with Crippen LogP contribution in [0.25, 0.3) is 0 Å². The van der Waals surface area contributed by atoms with E-state index in [0.717, 1.165) is 17.8 Å². The summed E-state index contributed by atoms with van der Waals surface area (Å²) in [6, 6.07) is 2.47. The molecule has 0 radical (unpaired) electrons. The Balaban J connectivity index is 1.57. The third kappa shape index (κ3) is 5.65. The van der Waals surface area contributed by atoms with Crippen molar-refractivity contribution >= 4 is 0 Å². The summed E-state index contributed by atoms with van der Waals surface area (Å²) < 4.78 is 0. The van der Waals surface area contributed by atoms with E-state index in [1.54, 1.807) is 0 Å². The highest BCUT2D eigenvalue weighted by Gasteiger charge is 2.30. The molecule has 0 saturated heterocycles. The van der Waals surface area contributed by atoms with E-state index in [1.807, 2.05) is 0 Å². The van der Waals surface area contributed by atoms with E-state index in [2.05, 4.69) is 13.0 Å². The van der Waals surface area contributed by atoms with Gasteiger partial charge in [-0.15, -0.1) is 0 Å². The minimum absolute atomic E-state index is 0.376. The Morgan fingerprint density at radius 1 is 0.762 bits per heavy atom. The zero-order valence-corrected chi connectivity index (χ0v) is 14.2. The van der Waals surface area contributed by atoms with Crippen molar-refractivity contribution in [1.29, 1.82) is 5.26 Å². The van der Waals surface area contributed by atoms with Crippen molar-refractivity contribution in [2.45, 2.75) is 96.8 Å². The van der Waals surface area contributed by atoms with Crippen LogP contribution < -0.4 is 0 Å². The highest BCUT2D eigenvalue weighted by molar-refractivity contribution is 4.89. The van der Waals surface area contributed by atoms with Gasteiger partial charge in [0, 0.05) is 5.92 Å². The molecule has 21 heavy (non-hydrogen) atoms. The Morgan fingerprint density at radius 2 is 1.33 bits per heavy atom. The lowest BCUT2D eigenvalue weighted by atomic mass is 9.69. The summed E-state index contributed by atoms with van der Waals surface area (Å²) in [5, 5.41) is 9.01. The number of hydrogen-bond donors (Lipinski definition) is 0. The number of rotatable bonds is 7. The second kappa shape index (κ2) is 9.50. The minimum Gasteiger partial charge on any atom is -0.198 e. The molecular formula is C20H35N. The maximum atomic E-state index is 9.01. The highest BCUT2D eigenvalue weighted by atomic mass is 14.4. The maximum absolute atomic E-state index is 9.01. The molecule has 0 aromatic heterocycles. The Labute approximate surface area is 132 Å². The van der Waals surface area contributed by atoms with Crippen LogP contribution in [0.2, 0.25) is 0 Å². The fraction of sp³-hybridized carbons (Fsp3) is 0.950. The number of hydrogen-bond acceptors (Lipinski definition) is 1. The Kier molecular flexibility index (Phi) is 7.62. The van der Waals surface area contributed by atoms with Crippen molar-refractivity contribution in [3.05, 3.63) is 0 Å². The van der Waals surface area contributed by atoms with E-state index in [9.17, 15) is 0 Å². The van der Waals surface area contributed by atoms with Crippen molar-refractivity contribution < 1.29 is 0 Å². The first-order chi connectivity index (χ1) is 10.3. The van der Waals surface area contributed by atoms with E-state index in [1.165, 1.54) is 89.9 Å². The van der Waals surface area contributed by atoms with Gasteiger partial charge < -0.3 is 0 Å². The summed E-state index contributed by atoms with van der Waals surface area (Å²) >= 11 is 0. The zero-order chi connectivity index (χ0) is 14.9. The molecule has 0 amide bonds. The minimum atomic E-state index is 0.376. The molecule has 0 aromatic carbocycles. The Bertz CT molecular complexity index is 300. The molecule has 0 spiro atoms. The predicted molar refractivity (Wildman–Crippen MR) is 89.9 cm³/mol. The second-order valence-electron chi connectivity index (χ2n) is 7.72. The average molecular weight is 290 g/mol. The summed E-state index contributed by atoms with van der Waals surface area (Å²) in [6.07, 6.45) is 19.7. The van der Waals surface area contributed by atoms with E-state index < -0.39 is 0 Å². The summed E-state index contributed by atoms with van der Waals surface area (Å²) in [5.41, 5.74) is 0. The van der Waals surface area contributed by atoms with Gasteiger partial charge in [-0.3, -0.25) is 0 Å². The second-order valence-corrected chi connectivity index (χ2v) is 7.72. The van der Waals surface area contributed by atoms with Crippen molar-refractivity contribution in [1.82, 2.24) is 0 Å². The smallest absolute Gasteiger partial charge is 0.0655 e. The summed E-state index contributed by atoms with van der Waals surface area (Å²) in [7, 11) is 0. The molecule has 120 valence electrons. The van der Waals surface area contributed by atoms with Crippen LogP contribution in [0.3, 0.4) is 0 Å². The summed E-state index contributed by atoms with van der Waals surface area (Å²) in [4.78, 5) is 0. The molecule has 0 atom stereocenters. The lowest BCUT2D eigenvalue weighted by Crippen LogP contribution is -2.25. The molecule has 0 aromatic rings. The van der Waals surface area contributed by atoms with Crippen LogP contribution in [0.15, 0.2) is 0 Å². The average Bonchev–Trinajstić information content (AvgIpc) is 2.55. The van der Waals surface area contributed by atoms with Gasteiger partial charge in [0.2, 0.25) is 0 Å². The monoisotopic (exact) mass is 289 g/mol.